The fraction of sp³-hybridized carbons (Fsp3) is 0.750. The van der Waals surface area contributed by atoms with Crippen LogP contribution in [0, 0.1) is 0 Å². The Balaban J connectivity index is 2.40. The van der Waals surface area contributed by atoms with Crippen molar-refractivity contribution >= 4 is 4.96 Å². The Hall–Kier alpha value is 0.376. The van der Waals surface area contributed by atoms with E-state index in [2.05, 4.69) is 22.2 Å². The van der Waals surface area contributed by atoms with Crippen LogP contribution in [0.3, 0.4) is 0 Å². The summed E-state index contributed by atoms with van der Waals surface area (Å²) in [6.45, 7) is 2.13. The van der Waals surface area contributed by atoms with Gasteiger partial charge in [-0.25, -0.2) is 0 Å². The van der Waals surface area contributed by atoms with E-state index in [4.69, 9.17) is 0 Å². The van der Waals surface area contributed by atoms with E-state index in [-0.39, 0.29) is 0 Å². The van der Waals surface area contributed by atoms with Crippen LogP contribution in [0.2, 0.25) is 0 Å². The predicted octanol–water partition coefficient (Wildman–Crippen LogP) is 1.14. The van der Waals surface area contributed by atoms with Crippen molar-refractivity contribution in [3.63, 3.8) is 0 Å². The minimum atomic E-state index is 1.12. The molecule has 0 heterocycles. The fourth-order valence-corrected chi connectivity index (χ4v) is 0.397. The summed E-state index contributed by atoms with van der Waals surface area (Å²) in [5.41, 5.74) is 0. The van der Waals surface area contributed by atoms with Gasteiger partial charge in [0.15, 0.2) is 0 Å². The molecule has 0 aromatic rings. The monoisotopic (exact) mass is 115 g/mol. The minimum absolute atomic E-state index is 1.12. The maximum atomic E-state index is 3.92. The molecule has 1 heteroatoms. The van der Waals surface area contributed by atoms with E-state index < -0.39 is 0 Å². The summed E-state index contributed by atoms with van der Waals surface area (Å²) in [7, 11) is 0. The molecule has 0 nitrogen and oxygen atoms in total. The van der Waals surface area contributed by atoms with Gasteiger partial charge in [0, 0.05) is 0 Å². The molecular weight excluding hydrogens is 107 g/mol. The summed E-state index contributed by atoms with van der Waals surface area (Å²) in [5.74, 6) is 0. The van der Waals surface area contributed by atoms with Crippen molar-refractivity contribution in [2.24, 2.45) is 0 Å². The summed E-state index contributed by atoms with van der Waals surface area (Å²) in [5, 5.41) is 0. The zero-order valence-electron chi connectivity index (χ0n) is 3.32. The molecule has 0 spiro atoms. The van der Waals surface area contributed by atoms with E-state index in [9.17, 15) is 0 Å². The zero-order chi connectivity index (χ0) is 4.12. The molecule has 0 saturated carbocycles. The van der Waals surface area contributed by atoms with E-state index in [1.165, 1.54) is 6.42 Å². The molecule has 0 radical (unpaired) electrons. The molecule has 0 bridgehead atoms. The summed E-state index contributed by atoms with van der Waals surface area (Å²) in [4.78, 5) is 1.87. The third-order valence-corrected chi connectivity index (χ3v) is 0.685. The molecule has 0 aromatic heterocycles. The number of unbranched alkanes of at least 4 members (excludes halogenated alkanes) is 1. The predicted molar refractivity (Wildman–Crippen MR) is 21.0 cm³/mol. The van der Waals surface area contributed by atoms with Crippen molar-refractivity contribution in [2.75, 3.05) is 0 Å². The third kappa shape index (κ3) is 4.38. The molecule has 0 aliphatic heterocycles. The van der Waals surface area contributed by atoms with Gasteiger partial charge in [-0.1, -0.05) is 0 Å². The van der Waals surface area contributed by atoms with Gasteiger partial charge in [-0.2, -0.15) is 0 Å². The summed E-state index contributed by atoms with van der Waals surface area (Å²) in [6.07, 6.45) is 2.34. The van der Waals surface area contributed by atoms with E-state index in [0.717, 1.165) is 6.42 Å². The summed E-state index contributed by atoms with van der Waals surface area (Å²) < 4.78 is 0. The van der Waals surface area contributed by atoms with Crippen LogP contribution in [0.1, 0.15) is 19.8 Å². The molecule has 0 saturated heterocycles. The molecule has 0 N–H and O–H groups in total. The van der Waals surface area contributed by atoms with Crippen molar-refractivity contribution in [1.29, 1.82) is 0 Å². The Morgan fingerprint density at radius 1 is 1.80 bits per heavy atom. The van der Waals surface area contributed by atoms with Crippen molar-refractivity contribution in [1.82, 2.24) is 0 Å². The van der Waals surface area contributed by atoms with Gasteiger partial charge >= 0.3 is 40.0 Å². The molecule has 0 atom stereocenters. The van der Waals surface area contributed by atoms with Crippen molar-refractivity contribution in [3.8, 4) is 0 Å². The average molecular weight is 115 g/mol. The molecule has 0 aliphatic rings. The van der Waals surface area contributed by atoms with E-state index in [0.29, 0.717) is 0 Å². The molecule has 33 valence electrons. The van der Waals surface area contributed by atoms with Crippen LogP contribution in [-0.4, -0.2) is 4.96 Å². The second-order valence-electron chi connectivity index (χ2n) is 0.925. The first kappa shape index (κ1) is 5.38. The normalized spacial score (nSPS) is 7.60. The number of rotatable bonds is 2. The molecule has 5 heavy (non-hydrogen) atoms. The van der Waals surface area contributed by atoms with Crippen LogP contribution in [0.5, 0.6) is 0 Å². The van der Waals surface area contributed by atoms with Crippen LogP contribution in [0.15, 0.2) is 0 Å². The maximum absolute atomic E-state index is 3.92. The van der Waals surface area contributed by atoms with E-state index in [1.54, 1.807) is 0 Å². The Morgan fingerprint density at radius 3 is 2.40 bits per heavy atom. The Kier molecular flexibility index (Phi) is 4.71. The molecule has 0 fully saturated rings. The first-order valence-corrected chi connectivity index (χ1v) is 2.41. The molecule has 0 aromatic carbocycles. The molecule has 0 unspecified atom stereocenters. The van der Waals surface area contributed by atoms with E-state index in [1.807, 2.05) is 4.96 Å². The molecule has 0 amide bonds. The average Bonchev–Trinajstić information content (AvgIpc) is 1.41. The van der Waals surface area contributed by atoms with Gasteiger partial charge in [-0.3, -0.25) is 0 Å². The number of hydrogen-bond acceptors (Lipinski definition) is 0. The molecule has 0 aliphatic carbocycles. The summed E-state index contributed by atoms with van der Waals surface area (Å²) in [6, 6.07) is 0. The van der Waals surface area contributed by atoms with Crippen molar-refractivity contribution in [3.05, 3.63) is 0 Å². The Bertz CT molecular complexity index is 24.8. The first-order chi connectivity index (χ1) is 2.41. The third-order valence-electron chi connectivity index (χ3n) is 0.385. The van der Waals surface area contributed by atoms with Crippen LogP contribution >= 0.6 is 0 Å². The van der Waals surface area contributed by atoms with Crippen molar-refractivity contribution < 1.29 is 15.3 Å². The topological polar surface area (TPSA) is 0 Å². The second-order valence-corrected chi connectivity index (χ2v) is 1.35. The van der Waals surface area contributed by atoms with Crippen LogP contribution in [0.25, 0.3) is 0 Å². The molecule has 0 rings (SSSR count). The summed E-state index contributed by atoms with van der Waals surface area (Å²) >= 11 is 3.92. The van der Waals surface area contributed by atoms with Crippen LogP contribution in [0.4, 0.5) is 0 Å². The first-order valence-electron chi connectivity index (χ1n) is 1.81. The molecular formula is C4H8Co. The SMILES string of the molecule is CCC[CH]=[Co]. The Morgan fingerprint density at radius 2 is 2.40 bits per heavy atom. The number of hydrogen-bond donors (Lipinski definition) is 0. The van der Waals surface area contributed by atoms with Gasteiger partial charge in [0.1, 0.15) is 0 Å². The zero-order valence-corrected chi connectivity index (χ0v) is 4.37. The van der Waals surface area contributed by atoms with Crippen LogP contribution in [-0.2, 0) is 15.3 Å². The fourth-order valence-electron chi connectivity index (χ4n) is 0.0962. The second kappa shape index (κ2) is 4.38. The standard InChI is InChI=1S/C4H8.Co/c1-3-4-2;/h1H,3-4H2,2H3;. The quantitative estimate of drug-likeness (QED) is 0.506. The Labute approximate surface area is 40.7 Å². The van der Waals surface area contributed by atoms with Gasteiger partial charge in [0.05, 0.1) is 0 Å². The van der Waals surface area contributed by atoms with Crippen LogP contribution < -0.4 is 0 Å². The van der Waals surface area contributed by atoms with Gasteiger partial charge in [-0.15, -0.1) is 0 Å². The van der Waals surface area contributed by atoms with Gasteiger partial charge in [-0.05, 0) is 0 Å². The van der Waals surface area contributed by atoms with Gasteiger partial charge in [0.2, 0.25) is 0 Å². The van der Waals surface area contributed by atoms with Gasteiger partial charge in [0.25, 0.3) is 0 Å². The van der Waals surface area contributed by atoms with Crippen molar-refractivity contribution in [2.45, 2.75) is 19.8 Å². The van der Waals surface area contributed by atoms with E-state index >= 15 is 0 Å². The van der Waals surface area contributed by atoms with Gasteiger partial charge < -0.3 is 0 Å².